The third-order valence-electron chi connectivity index (χ3n) is 4.89. The van der Waals surface area contributed by atoms with E-state index in [1.807, 2.05) is 6.92 Å². The minimum absolute atomic E-state index is 0.0597. The highest BCUT2D eigenvalue weighted by molar-refractivity contribution is 7.19. The van der Waals surface area contributed by atoms with Gasteiger partial charge in [0.15, 0.2) is 0 Å². The van der Waals surface area contributed by atoms with Gasteiger partial charge in [0.2, 0.25) is 0 Å². The molecular formula is C20H19ClFN3O2S. The second-order valence-corrected chi connectivity index (χ2v) is 8.27. The number of nitrogens with one attached hydrogen (secondary N) is 1. The molecule has 5 nitrogen and oxygen atoms in total. The zero-order valence-corrected chi connectivity index (χ0v) is 16.9. The molecule has 0 fully saturated rings. The van der Waals surface area contributed by atoms with Crippen LogP contribution in [0, 0.1) is 11.7 Å². The number of halogens is 2. The standard InChI is InChI=1S/C20H19ClFN3O2S/c1-2-27-17(26)8-11-3-5-13-16(7-11)28-20-18(13)19(23-10-24-20)25-12-4-6-15(22)14(21)9-12/h4,6,9-11H,2-3,5,7-8H2,1H3,(H,23,24,25). The number of nitrogens with zero attached hydrogens (tertiary/aromatic N) is 2. The minimum Gasteiger partial charge on any atom is -0.466 e. The minimum atomic E-state index is -0.458. The van der Waals surface area contributed by atoms with Crippen molar-refractivity contribution in [3.8, 4) is 0 Å². The van der Waals surface area contributed by atoms with Crippen molar-refractivity contribution in [2.75, 3.05) is 11.9 Å². The van der Waals surface area contributed by atoms with E-state index in [9.17, 15) is 9.18 Å². The number of rotatable bonds is 5. The average molecular weight is 420 g/mol. The Morgan fingerprint density at radius 2 is 2.29 bits per heavy atom. The lowest BCUT2D eigenvalue weighted by molar-refractivity contribution is -0.144. The summed E-state index contributed by atoms with van der Waals surface area (Å²) >= 11 is 7.53. The van der Waals surface area contributed by atoms with Crippen LogP contribution in [0.15, 0.2) is 24.5 Å². The number of hydrogen-bond acceptors (Lipinski definition) is 6. The van der Waals surface area contributed by atoms with Gasteiger partial charge in [0.05, 0.1) is 17.0 Å². The maximum atomic E-state index is 13.4. The van der Waals surface area contributed by atoms with Crippen molar-refractivity contribution < 1.29 is 13.9 Å². The number of anilines is 2. The van der Waals surface area contributed by atoms with E-state index in [4.69, 9.17) is 16.3 Å². The second kappa shape index (κ2) is 8.01. The number of aryl methyl sites for hydroxylation is 1. The lowest BCUT2D eigenvalue weighted by Crippen LogP contribution is -2.18. The molecule has 28 heavy (non-hydrogen) atoms. The van der Waals surface area contributed by atoms with Crippen molar-refractivity contribution in [2.45, 2.75) is 32.6 Å². The van der Waals surface area contributed by atoms with E-state index < -0.39 is 5.82 Å². The van der Waals surface area contributed by atoms with Gasteiger partial charge in [-0.1, -0.05) is 11.6 Å². The normalized spacial score (nSPS) is 16.0. The first-order chi connectivity index (χ1) is 13.5. The first-order valence-corrected chi connectivity index (χ1v) is 10.4. The predicted molar refractivity (Wildman–Crippen MR) is 109 cm³/mol. The Hall–Kier alpha value is -2.25. The third-order valence-corrected chi connectivity index (χ3v) is 6.34. The van der Waals surface area contributed by atoms with Gasteiger partial charge in [-0.25, -0.2) is 14.4 Å². The van der Waals surface area contributed by atoms with Crippen LogP contribution in [-0.2, 0) is 22.4 Å². The molecule has 8 heteroatoms. The van der Waals surface area contributed by atoms with E-state index in [1.165, 1.54) is 22.8 Å². The molecule has 0 radical (unpaired) electrons. The molecule has 0 aliphatic heterocycles. The number of aromatic nitrogens is 2. The number of benzene rings is 1. The monoisotopic (exact) mass is 419 g/mol. The van der Waals surface area contributed by atoms with Gasteiger partial charge in [0.25, 0.3) is 0 Å². The molecule has 1 unspecified atom stereocenters. The van der Waals surface area contributed by atoms with Crippen molar-refractivity contribution in [2.24, 2.45) is 5.92 Å². The molecule has 0 saturated carbocycles. The first kappa shape index (κ1) is 19.1. The number of hydrogen-bond donors (Lipinski definition) is 1. The molecule has 146 valence electrons. The van der Waals surface area contributed by atoms with E-state index >= 15 is 0 Å². The second-order valence-electron chi connectivity index (χ2n) is 6.78. The summed E-state index contributed by atoms with van der Waals surface area (Å²) in [6.07, 6.45) is 4.61. The fraction of sp³-hybridized carbons (Fsp3) is 0.350. The van der Waals surface area contributed by atoms with Crippen molar-refractivity contribution in [3.05, 3.63) is 45.8 Å². The molecule has 4 rings (SSSR count). The van der Waals surface area contributed by atoms with Crippen LogP contribution in [0.2, 0.25) is 5.02 Å². The van der Waals surface area contributed by atoms with Gasteiger partial charge in [-0.3, -0.25) is 4.79 Å². The third kappa shape index (κ3) is 3.82. The number of esters is 1. The Morgan fingerprint density at radius 1 is 1.43 bits per heavy atom. The molecule has 0 bridgehead atoms. The molecule has 2 aromatic heterocycles. The summed E-state index contributed by atoms with van der Waals surface area (Å²) in [6.45, 7) is 2.24. The van der Waals surface area contributed by atoms with Crippen LogP contribution in [-0.4, -0.2) is 22.5 Å². The fourth-order valence-electron chi connectivity index (χ4n) is 3.61. The van der Waals surface area contributed by atoms with E-state index in [0.29, 0.717) is 30.5 Å². The number of ether oxygens (including phenoxy) is 1. The van der Waals surface area contributed by atoms with Crippen molar-refractivity contribution in [3.63, 3.8) is 0 Å². The lowest BCUT2D eigenvalue weighted by atomic mass is 9.86. The zero-order chi connectivity index (χ0) is 19.7. The molecule has 0 amide bonds. The fourth-order valence-corrected chi connectivity index (χ4v) is 5.10. The van der Waals surface area contributed by atoms with Crippen molar-refractivity contribution >= 4 is 50.6 Å². The van der Waals surface area contributed by atoms with E-state index in [1.54, 1.807) is 23.5 Å². The Morgan fingerprint density at radius 3 is 3.07 bits per heavy atom. The van der Waals surface area contributed by atoms with Gasteiger partial charge in [0, 0.05) is 17.0 Å². The predicted octanol–water partition coefficient (Wildman–Crippen LogP) is 5.29. The lowest BCUT2D eigenvalue weighted by Gasteiger charge is -2.21. The number of carbonyl (C=O) groups is 1. The summed E-state index contributed by atoms with van der Waals surface area (Å²) in [5.74, 6) is 0.391. The Balaban J connectivity index is 1.62. The Kier molecular flexibility index (Phi) is 5.46. The maximum absolute atomic E-state index is 13.4. The molecule has 0 spiro atoms. The summed E-state index contributed by atoms with van der Waals surface area (Å²) in [5.41, 5.74) is 1.90. The number of thiophene rings is 1. The molecule has 1 atom stereocenters. The SMILES string of the molecule is CCOC(=O)CC1CCc2c(sc3ncnc(Nc4ccc(F)c(Cl)c4)c23)C1. The van der Waals surface area contributed by atoms with E-state index in [-0.39, 0.29) is 11.0 Å². The van der Waals surface area contributed by atoms with E-state index in [0.717, 1.165) is 29.5 Å². The molecule has 1 aromatic carbocycles. The summed E-state index contributed by atoms with van der Waals surface area (Å²) < 4.78 is 18.5. The average Bonchev–Trinajstić information content (AvgIpc) is 3.03. The van der Waals surface area contributed by atoms with Gasteiger partial charge in [0.1, 0.15) is 22.8 Å². The number of carbonyl (C=O) groups excluding carboxylic acids is 1. The highest BCUT2D eigenvalue weighted by Crippen LogP contribution is 2.41. The van der Waals surface area contributed by atoms with Gasteiger partial charge in [-0.15, -0.1) is 11.3 Å². The van der Waals surface area contributed by atoms with Gasteiger partial charge >= 0.3 is 5.97 Å². The molecule has 3 aromatic rings. The maximum Gasteiger partial charge on any atom is 0.306 e. The van der Waals surface area contributed by atoms with Gasteiger partial charge in [-0.05, 0) is 55.9 Å². The highest BCUT2D eigenvalue weighted by atomic mass is 35.5. The van der Waals surface area contributed by atoms with Crippen LogP contribution in [0.25, 0.3) is 10.2 Å². The molecular weight excluding hydrogens is 401 g/mol. The summed E-state index contributed by atoms with van der Waals surface area (Å²) in [4.78, 5) is 22.8. The van der Waals surface area contributed by atoms with Crippen LogP contribution in [0.3, 0.4) is 0 Å². The molecule has 1 N–H and O–H groups in total. The van der Waals surface area contributed by atoms with Gasteiger partial charge in [-0.2, -0.15) is 0 Å². The Bertz CT molecular complexity index is 1040. The van der Waals surface area contributed by atoms with Crippen LogP contribution in [0.5, 0.6) is 0 Å². The van der Waals surface area contributed by atoms with E-state index in [2.05, 4.69) is 15.3 Å². The molecule has 1 aliphatic carbocycles. The van der Waals surface area contributed by atoms with Crippen molar-refractivity contribution in [1.82, 2.24) is 9.97 Å². The topological polar surface area (TPSA) is 64.1 Å². The highest BCUT2D eigenvalue weighted by Gasteiger charge is 2.27. The largest absolute Gasteiger partial charge is 0.466 e. The first-order valence-electron chi connectivity index (χ1n) is 9.18. The van der Waals surface area contributed by atoms with Crippen LogP contribution in [0.4, 0.5) is 15.9 Å². The van der Waals surface area contributed by atoms with Crippen LogP contribution < -0.4 is 5.32 Å². The Labute approximate surface area is 170 Å². The summed E-state index contributed by atoms with van der Waals surface area (Å²) in [7, 11) is 0. The van der Waals surface area contributed by atoms with Crippen molar-refractivity contribution in [1.29, 1.82) is 0 Å². The van der Waals surface area contributed by atoms with Crippen LogP contribution >= 0.6 is 22.9 Å². The molecule has 0 saturated heterocycles. The summed E-state index contributed by atoms with van der Waals surface area (Å²) in [5, 5.41) is 4.30. The van der Waals surface area contributed by atoms with Crippen LogP contribution in [0.1, 0.15) is 30.2 Å². The number of fused-ring (bicyclic) bond motifs is 3. The summed E-state index contributed by atoms with van der Waals surface area (Å²) in [6, 6.07) is 4.49. The zero-order valence-electron chi connectivity index (χ0n) is 15.3. The quantitative estimate of drug-likeness (QED) is 0.569. The smallest absolute Gasteiger partial charge is 0.306 e. The molecule has 1 aliphatic rings. The van der Waals surface area contributed by atoms with Gasteiger partial charge < -0.3 is 10.1 Å². The molecule has 2 heterocycles.